The quantitative estimate of drug-likeness (QED) is 0.786. The van der Waals surface area contributed by atoms with Crippen molar-refractivity contribution >= 4 is 32.3 Å². The number of anilines is 1. The second-order valence-corrected chi connectivity index (χ2v) is 9.75. The van der Waals surface area contributed by atoms with Crippen molar-refractivity contribution in [3.05, 3.63) is 44.8 Å². The SMILES string of the molecule is COC(=O)c1c(NS(=O)(=O)c2c(C)cc(C)cc2C)sc2c1CCN(C)C2. The van der Waals surface area contributed by atoms with E-state index >= 15 is 0 Å². The molecule has 0 atom stereocenters. The first kappa shape index (κ1) is 19.9. The van der Waals surface area contributed by atoms with Crippen LogP contribution in [0.4, 0.5) is 5.00 Å². The molecule has 0 bridgehead atoms. The lowest BCUT2D eigenvalue weighted by Gasteiger charge is -2.22. The highest BCUT2D eigenvalue weighted by Crippen LogP contribution is 2.39. The van der Waals surface area contributed by atoms with Crippen LogP contribution in [0.15, 0.2) is 17.0 Å². The highest BCUT2D eigenvalue weighted by Gasteiger charge is 2.30. The van der Waals surface area contributed by atoms with Gasteiger partial charge in [0, 0.05) is 18.0 Å². The molecule has 27 heavy (non-hydrogen) atoms. The van der Waals surface area contributed by atoms with Gasteiger partial charge >= 0.3 is 5.97 Å². The van der Waals surface area contributed by atoms with Gasteiger partial charge in [-0.25, -0.2) is 13.2 Å². The largest absolute Gasteiger partial charge is 0.465 e. The summed E-state index contributed by atoms with van der Waals surface area (Å²) < 4.78 is 33.8. The summed E-state index contributed by atoms with van der Waals surface area (Å²) in [6, 6.07) is 3.69. The van der Waals surface area contributed by atoms with E-state index in [1.807, 2.05) is 26.1 Å². The Labute approximate surface area is 164 Å². The average Bonchev–Trinajstić information content (AvgIpc) is 2.88. The number of fused-ring (bicyclic) bond motifs is 1. The maximum atomic E-state index is 13.1. The first-order valence-electron chi connectivity index (χ1n) is 8.66. The lowest BCUT2D eigenvalue weighted by molar-refractivity contribution is 0.0600. The van der Waals surface area contributed by atoms with Crippen molar-refractivity contribution in [1.82, 2.24) is 4.90 Å². The zero-order valence-electron chi connectivity index (χ0n) is 16.2. The fraction of sp³-hybridized carbons (Fsp3) is 0.421. The molecule has 0 saturated carbocycles. The highest BCUT2D eigenvalue weighted by molar-refractivity contribution is 7.93. The molecule has 1 N–H and O–H groups in total. The van der Waals surface area contributed by atoms with Crippen molar-refractivity contribution in [2.24, 2.45) is 0 Å². The predicted octanol–water partition coefficient (Wildman–Crippen LogP) is 3.25. The Morgan fingerprint density at radius 2 is 1.85 bits per heavy atom. The minimum absolute atomic E-state index is 0.257. The fourth-order valence-corrected chi connectivity index (χ4v) is 6.76. The standard InChI is InChI=1S/C19H24N2O4S2/c1-11-8-12(2)17(13(3)9-11)27(23,24)20-18-16(19(22)25-5)14-6-7-21(4)10-15(14)26-18/h8-9,20H,6-7,10H2,1-5H3. The number of hydrogen-bond donors (Lipinski definition) is 1. The summed E-state index contributed by atoms with van der Waals surface area (Å²) in [6.45, 7) is 7.00. The molecule has 0 saturated heterocycles. The van der Waals surface area contributed by atoms with Gasteiger partial charge in [0.25, 0.3) is 10.0 Å². The summed E-state index contributed by atoms with van der Waals surface area (Å²) >= 11 is 1.31. The van der Waals surface area contributed by atoms with Crippen LogP contribution < -0.4 is 4.72 Å². The number of aryl methyl sites for hydroxylation is 3. The van der Waals surface area contributed by atoms with Crippen molar-refractivity contribution in [2.45, 2.75) is 38.6 Å². The molecule has 0 fully saturated rings. The lowest BCUT2D eigenvalue weighted by Crippen LogP contribution is -2.26. The van der Waals surface area contributed by atoms with Crippen molar-refractivity contribution in [3.8, 4) is 0 Å². The number of nitrogens with one attached hydrogen (secondary N) is 1. The molecule has 0 amide bonds. The van der Waals surface area contributed by atoms with E-state index in [0.717, 1.165) is 22.5 Å². The topological polar surface area (TPSA) is 75.7 Å². The summed E-state index contributed by atoms with van der Waals surface area (Å²) in [5.74, 6) is -0.507. The molecule has 2 aromatic rings. The molecule has 146 valence electrons. The van der Waals surface area contributed by atoms with Crippen molar-refractivity contribution in [2.75, 3.05) is 25.4 Å². The Morgan fingerprint density at radius 1 is 1.22 bits per heavy atom. The van der Waals surface area contributed by atoms with Gasteiger partial charge < -0.3 is 9.64 Å². The van der Waals surface area contributed by atoms with Crippen molar-refractivity contribution in [3.63, 3.8) is 0 Å². The number of benzene rings is 1. The number of carbonyl (C=O) groups is 1. The second-order valence-electron chi connectivity index (χ2n) is 7.02. The molecule has 0 aliphatic carbocycles. The average molecular weight is 409 g/mol. The molecule has 6 nitrogen and oxygen atoms in total. The first-order chi connectivity index (χ1) is 12.6. The van der Waals surface area contributed by atoms with Crippen LogP contribution in [0, 0.1) is 20.8 Å². The van der Waals surface area contributed by atoms with Gasteiger partial charge in [-0.3, -0.25) is 4.72 Å². The van der Waals surface area contributed by atoms with Crippen LogP contribution in [-0.4, -0.2) is 40.0 Å². The van der Waals surface area contributed by atoms with E-state index in [2.05, 4.69) is 9.62 Å². The third-order valence-corrected chi connectivity index (χ3v) is 7.65. The molecule has 3 rings (SSSR count). The van der Waals surface area contributed by atoms with Crippen LogP contribution in [0.1, 0.15) is 37.5 Å². The third-order valence-electron chi connectivity index (χ3n) is 4.74. The zero-order valence-corrected chi connectivity index (χ0v) is 17.8. The molecule has 1 aliphatic heterocycles. The fourth-order valence-electron chi connectivity index (χ4n) is 3.68. The Morgan fingerprint density at radius 3 is 2.44 bits per heavy atom. The van der Waals surface area contributed by atoms with Gasteiger partial charge in [-0.05, 0) is 50.9 Å². The number of likely N-dealkylation sites (N-methyl/N-ethyl adjacent to an activating group) is 1. The summed E-state index contributed by atoms with van der Waals surface area (Å²) in [4.78, 5) is 15.8. The Kier molecular flexibility index (Phi) is 5.33. The minimum atomic E-state index is -3.83. The van der Waals surface area contributed by atoms with E-state index in [9.17, 15) is 13.2 Å². The van der Waals surface area contributed by atoms with Gasteiger partial charge in [0.2, 0.25) is 0 Å². The van der Waals surface area contributed by atoms with Crippen molar-refractivity contribution < 1.29 is 17.9 Å². The number of thiophene rings is 1. The minimum Gasteiger partial charge on any atom is -0.465 e. The summed E-state index contributed by atoms with van der Waals surface area (Å²) in [5, 5.41) is 0.335. The normalized spacial score (nSPS) is 14.7. The number of hydrogen-bond acceptors (Lipinski definition) is 6. The summed E-state index contributed by atoms with van der Waals surface area (Å²) in [6.07, 6.45) is 0.692. The van der Waals surface area contributed by atoms with Gasteiger partial charge in [0.15, 0.2) is 0 Å². The summed E-state index contributed by atoms with van der Waals surface area (Å²) in [7, 11) is -0.513. The Hall–Kier alpha value is -1.90. The van der Waals surface area contributed by atoms with Crippen LogP contribution in [0.2, 0.25) is 0 Å². The van der Waals surface area contributed by atoms with E-state index in [-0.39, 0.29) is 4.90 Å². The van der Waals surface area contributed by atoms with Gasteiger partial charge in [0.1, 0.15) is 5.00 Å². The maximum Gasteiger partial charge on any atom is 0.341 e. The molecule has 0 unspecified atom stereocenters. The number of carbonyl (C=O) groups excluding carboxylic acids is 1. The maximum absolute atomic E-state index is 13.1. The predicted molar refractivity (Wildman–Crippen MR) is 107 cm³/mol. The van der Waals surface area contributed by atoms with E-state index in [1.54, 1.807) is 13.8 Å². The van der Waals surface area contributed by atoms with Crippen LogP contribution in [0.25, 0.3) is 0 Å². The van der Waals surface area contributed by atoms with E-state index < -0.39 is 16.0 Å². The summed E-state index contributed by atoms with van der Waals surface area (Å²) in [5.41, 5.74) is 3.60. The highest BCUT2D eigenvalue weighted by atomic mass is 32.2. The molecular weight excluding hydrogens is 384 g/mol. The smallest absolute Gasteiger partial charge is 0.341 e. The van der Waals surface area contributed by atoms with Crippen LogP contribution in [0.5, 0.6) is 0 Å². The molecule has 0 radical (unpaired) electrons. The number of rotatable bonds is 4. The first-order valence-corrected chi connectivity index (χ1v) is 11.0. The Balaban J connectivity index is 2.09. The van der Waals surface area contributed by atoms with E-state index in [1.165, 1.54) is 18.4 Å². The van der Waals surface area contributed by atoms with Crippen molar-refractivity contribution in [1.29, 1.82) is 0 Å². The third kappa shape index (κ3) is 3.74. The number of methoxy groups -OCH3 is 1. The van der Waals surface area contributed by atoms with Gasteiger partial charge in [0.05, 0.1) is 17.6 Å². The molecule has 8 heteroatoms. The number of nitrogens with zero attached hydrogens (tertiary/aromatic N) is 1. The second kappa shape index (κ2) is 7.26. The molecule has 0 spiro atoms. The van der Waals surface area contributed by atoms with Crippen LogP contribution in [-0.2, 0) is 27.7 Å². The number of esters is 1. The van der Waals surface area contributed by atoms with E-state index in [4.69, 9.17) is 4.74 Å². The number of sulfonamides is 1. The molecule has 1 aromatic heterocycles. The molecule has 1 aliphatic rings. The molecular formula is C19H24N2O4S2. The Bertz CT molecular complexity index is 986. The van der Waals surface area contributed by atoms with Gasteiger partial charge in [-0.15, -0.1) is 11.3 Å². The molecule has 1 aromatic carbocycles. The van der Waals surface area contributed by atoms with Crippen LogP contribution >= 0.6 is 11.3 Å². The zero-order chi connectivity index (χ0) is 19.9. The molecule has 2 heterocycles. The lowest BCUT2D eigenvalue weighted by atomic mass is 10.0. The number of ether oxygens (including phenoxy) is 1. The van der Waals surface area contributed by atoms with Gasteiger partial charge in [-0.2, -0.15) is 0 Å². The van der Waals surface area contributed by atoms with Crippen LogP contribution in [0.3, 0.4) is 0 Å². The van der Waals surface area contributed by atoms with Gasteiger partial charge in [-0.1, -0.05) is 17.7 Å². The van der Waals surface area contributed by atoms with E-state index in [0.29, 0.717) is 34.7 Å². The monoisotopic (exact) mass is 408 g/mol.